The largest absolute Gasteiger partial charge is 0.478 e. The molecular formula is C23H20F2N2O4S. The quantitative estimate of drug-likeness (QED) is 0.515. The molecule has 1 aliphatic heterocycles. The summed E-state index contributed by atoms with van der Waals surface area (Å²) >= 11 is 1.04. The summed E-state index contributed by atoms with van der Waals surface area (Å²) in [5.41, 5.74) is 0.691. The molecule has 3 aromatic rings. The van der Waals surface area contributed by atoms with Gasteiger partial charge in [0.25, 0.3) is 5.56 Å². The Morgan fingerprint density at radius 3 is 2.44 bits per heavy atom. The number of nitrogens with zero attached hydrogens (tertiary/aromatic N) is 1. The highest BCUT2D eigenvalue weighted by Crippen LogP contribution is 2.27. The van der Waals surface area contributed by atoms with E-state index in [1.165, 1.54) is 0 Å². The molecule has 2 N–H and O–H groups in total. The van der Waals surface area contributed by atoms with E-state index in [0.29, 0.717) is 35.8 Å². The van der Waals surface area contributed by atoms with Gasteiger partial charge in [0, 0.05) is 42.1 Å². The Labute approximate surface area is 187 Å². The van der Waals surface area contributed by atoms with E-state index in [1.807, 2.05) is 6.07 Å². The molecule has 1 aliphatic rings. The van der Waals surface area contributed by atoms with Crippen LogP contribution in [0.5, 0.6) is 0 Å². The van der Waals surface area contributed by atoms with E-state index in [4.69, 9.17) is 9.84 Å². The molecule has 166 valence electrons. The number of carboxylic acid groups (broad SMARTS) is 1. The van der Waals surface area contributed by atoms with Crippen LogP contribution in [0.3, 0.4) is 0 Å². The first-order valence-electron chi connectivity index (χ1n) is 9.98. The molecule has 0 spiro atoms. The van der Waals surface area contributed by atoms with Crippen LogP contribution in [-0.2, 0) is 4.74 Å². The molecule has 1 aromatic heterocycles. The Balaban J connectivity index is 1.45. The third kappa shape index (κ3) is 4.84. The van der Waals surface area contributed by atoms with Gasteiger partial charge in [-0.3, -0.25) is 9.36 Å². The summed E-state index contributed by atoms with van der Waals surface area (Å²) in [5.74, 6) is -3.09. The second-order valence-corrected chi connectivity index (χ2v) is 8.25. The van der Waals surface area contributed by atoms with Crippen molar-refractivity contribution in [3.05, 3.63) is 87.8 Å². The van der Waals surface area contributed by atoms with Crippen molar-refractivity contribution in [2.75, 3.05) is 17.9 Å². The van der Waals surface area contributed by atoms with Crippen LogP contribution in [0.4, 0.5) is 14.5 Å². The molecule has 2 heterocycles. The second kappa shape index (κ2) is 9.54. The smallest absolute Gasteiger partial charge is 0.338 e. The number of anilines is 1. The molecule has 1 fully saturated rings. The number of nitrogens with one attached hydrogen (secondary N) is 1. The molecule has 0 saturated carbocycles. The fourth-order valence-electron chi connectivity index (χ4n) is 3.57. The number of aromatic carboxylic acids is 1. The minimum absolute atomic E-state index is 0.122. The highest BCUT2D eigenvalue weighted by molar-refractivity contribution is 8.00. The number of benzene rings is 2. The van der Waals surface area contributed by atoms with Crippen LogP contribution in [0, 0.1) is 11.6 Å². The summed E-state index contributed by atoms with van der Waals surface area (Å²) < 4.78 is 37.4. The van der Waals surface area contributed by atoms with Crippen molar-refractivity contribution in [2.45, 2.75) is 23.7 Å². The van der Waals surface area contributed by atoms with Crippen LogP contribution >= 0.6 is 11.9 Å². The molecule has 0 aliphatic carbocycles. The summed E-state index contributed by atoms with van der Waals surface area (Å²) in [6, 6.07) is 12.1. The van der Waals surface area contributed by atoms with Gasteiger partial charge in [-0.15, -0.1) is 0 Å². The highest BCUT2D eigenvalue weighted by atomic mass is 32.2. The van der Waals surface area contributed by atoms with E-state index in [-0.39, 0.29) is 11.2 Å². The summed E-state index contributed by atoms with van der Waals surface area (Å²) in [4.78, 5) is 24.2. The van der Waals surface area contributed by atoms with Crippen molar-refractivity contribution in [3.63, 3.8) is 0 Å². The third-order valence-electron chi connectivity index (χ3n) is 5.32. The van der Waals surface area contributed by atoms with Crippen molar-refractivity contribution in [2.24, 2.45) is 0 Å². The summed E-state index contributed by atoms with van der Waals surface area (Å²) in [6.07, 6.45) is 3.58. The number of halogens is 2. The lowest BCUT2D eigenvalue weighted by Crippen LogP contribution is -2.20. The van der Waals surface area contributed by atoms with Gasteiger partial charge < -0.3 is 14.6 Å². The van der Waals surface area contributed by atoms with Gasteiger partial charge in [-0.25, -0.2) is 13.6 Å². The lowest BCUT2D eigenvalue weighted by molar-refractivity contribution is 0.0691. The van der Waals surface area contributed by atoms with Crippen molar-refractivity contribution in [1.29, 1.82) is 0 Å². The van der Waals surface area contributed by atoms with E-state index in [9.17, 15) is 18.4 Å². The fourth-order valence-corrected chi connectivity index (χ4v) is 4.23. The van der Waals surface area contributed by atoms with Gasteiger partial charge in [0.1, 0.15) is 11.6 Å². The zero-order chi connectivity index (χ0) is 22.7. The topological polar surface area (TPSA) is 80.6 Å². The normalized spacial score (nSPS) is 14.3. The molecule has 0 unspecified atom stereocenters. The minimum Gasteiger partial charge on any atom is -0.478 e. The molecule has 2 aromatic carbocycles. The van der Waals surface area contributed by atoms with Gasteiger partial charge >= 0.3 is 5.97 Å². The Hall–Kier alpha value is -3.17. The molecule has 0 amide bonds. The van der Waals surface area contributed by atoms with Crippen LogP contribution in [0.15, 0.2) is 64.4 Å². The third-order valence-corrected chi connectivity index (χ3v) is 6.15. The number of ether oxygens (including phenoxy) is 1. The number of carbonyl (C=O) groups is 1. The van der Waals surface area contributed by atoms with E-state index in [1.54, 1.807) is 41.1 Å². The van der Waals surface area contributed by atoms with E-state index >= 15 is 0 Å². The number of hydrogen-bond donors (Lipinski definition) is 2. The van der Waals surface area contributed by atoms with Crippen molar-refractivity contribution in [3.8, 4) is 5.69 Å². The molecule has 1 saturated heterocycles. The molecule has 6 nitrogen and oxygen atoms in total. The van der Waals surface area contributed by atoms with Gasteiger partial charge in [-0.2, -0.15) is 0 Å². The predicted molar refractivity (Wildman–Crippen MR) is 118 cm³/mol. The van der Waals surface area contributed by atoms with E-state index < -0.39 is 23.2 Å². The Bertz CT molecular complexity index is 1190. The van der Waals surface area contributed by atoms with E-state index in [0.717, 1.165) is 36.4 Å². The summed E-state index contributed by atoms with van der Waals surface area (Å²) in [6.45, 7) is 1.42. The molecule has 0 bridgehead atoms. The standard InChI is InChI=1S/C23H20F2N2O4S/c24-19-13-21(20(25)12-18(19)23(29)30)26-32-17-3-1-16(2-4-17)27-8-5-15(11-22(27)28)14-6-9-31-10-7-14/h1-5,8,11-14,26H,6-7,9-10H2,(H,29,30). The number of pyridine rings is 1. The lowest BCUT2D eigenvalue weighted by Gasteiger charge is -2.22. The van der Waals surface area contributed by atoms with Crippen molar-refractivity contribution >= 4 is 23.6 Å². The van der Waals surface area contributed by atoms with Gasteiger partial charge in [0.15, 0.2) is 0 Å². The van der Waals surface area contributed by atoms with E-state index in [2.05, 4.69) is 4.72 Å². The first-order valence-corrected chi connectivity index (χ1v) is 10.8. The number of rotatable bonds is 6. The zero-order valence-corrected chi connectivity index (χ0v) is 17.7. The Morgan fingerprint density at radius 1 is 1.06 bits per heavy atom. The van der Waals surface area contributed by atoms with Crippen LogP contribution in [0.1, 0.15) is 34.7 Å². The van der Waals surface area contributed by atoms with Crippen LogP contribution in [0.2, 0.25) is 0 Å². The molecule has 0 atom stereocenters. The number of aromatic nitrogens is 1. The second-order valence-electron chi connectivity index (χ2n) is 7.37. The maximum Gasteiger partial charge on any atom is 0.338 e. The van der Waals surface area contributed by atoms with Gasteiger partial charge in [-0.1, -0.05) is 0 Å². The average molecular weight is 458 g/mol. The number of carboxylic acids is 1. The molecule has 0 radical (unpaired) electrons. The van der Waals surface area contributed by atoms with Gasteiger partial charge in [-0.05, 0) is 72.7 Å². The first kappa shape index (κ1) is 22.0. The summed E-state index contributed by atoms with van der Waals surface area (Å²) in [7, 11) is 0. The highest BCUT2D eigenvalue weighted by Gasteiger charge is 2.17. The zero-order valence-electron chi connectivity index (χ0n) is 16.9. The maximum atomic E-state index is 14.0. The van der Waals surface area contributed by atoms with Crippen LogP contribution in [-0.4, -0.2) is 28.9 Å². The van der Waals surface area contributed by atoms with Gasteiger partial charge in [0.05, 0.1) is 11.3 Å². The van der Waals surface area contributed by atoms with Gasteiger partial charge in [0.2, 0.25) is 0 Å². The molecule has 9 heteroatoms. The van der Waals surface area contributed by atoms with Crippen molar-refractivity contribution < 1.29 is 23.4 Å². The first-order chi connectivity index (χ1) is 15.4. The molecule has 32 heavy (non-hydrogen) atoms. The summed E-state index contributed by atoms with van der Waals surface area (Å²) in [5, 5.41) is 8.85. The Kier molecular flexibility index (Phi) is 6.57. The molecular weight excluding hydrogens is 438 g/mol. The fraction of sp³-hybridized carbons (Fsp3) is 0.217. The Morgan fingerprint density at radius 2 is 1.78 bits per heavy atom. The predicted octanol–water partition coefficient (Wildman–Crippen LogP) is 4.83. The minimum atomic E-state index is -1.53. The SMILES string of the molecule is O=C(O)c1cc(F)c(NSc2ccc(-n3ccc(C4CCOCC4)cc3=O)cc2)cc1F. The monoisotopic (exact) mass is 458 g/mol. The molecule has 4 rings (SSSR count). The van der Waals surface area contributed by atoms with Crippen molar-refractivity contribution in [1.82, 2.24) is 4.57 Å². The van der Waals surface area contributed by atoms with Crippen LogP contribution < -0.4 is 10.3 Å². The lowest BCUT2D eigenvalue weighted by atomic mass is 9.92. The number of hydrogen-bond acceptors (Lipinski definition) is 5. The average Bonchev–Trinajstić information content (AvgIpc) is 2.80. The van der Waals surface area contributed by atoms with Crippen LogP contribution in [0.25, 0.3) is 5.69 Å². The maximum absolute atomic E-state index is 14.0.